The maximum Gasteiger partial charge on any atom is 0.346 e. The highest BCUT2D eigenvalue weighted by molar-refractivity contribution is 7.54. The van der Waals surface area contributed by atoms with E-state index in [9.17, 15) is 14.7 Å². The van der Waals surface area contributed by atoms with Crippen molar-refractivity contribution in [1.82, 2.24) is 9.34 Å². The van der Waals surface area contributed by atoms with E-state index in [1.165, 1.54) is 6.07 Å². The molecule has 2 fully saturated rings. The van der Waals surface area contributed by atoms with Crippen LogP contribution >= 0.6 is 7.67 Å². The monoisotopic (exact) mass is 283 g/mol. The Morgan fingerprint density at radius 3 is 2.32 bits per heavy atom. The van der Waals surface area contributed by atoms with Gasteiger partial charge in [0.15, 0.2) is 0 Å². The molecule has 1 aromatic rings. The Morgan fingerprint density at radius 2 is 1.79 bits per heavy atom. The molecule has 1 aromatic carbocycles. The normalized spacial score (nSPS) is 19.4. The molecule has 2 heterocycles. The molecule has 102 valence electrons. The van der Waals surface area contributed by atoms with Gasteiger partial charge in [0.2, 0.25) is 0 Å². The van der Waals surface area contributed by atoms with Gasteiger partial charge < -0.3 is 4.52 Å². The van der Waals surface area contributed by atoms with E-state index in [0.29, 0.717) is 5.56 Å². The van der Waals surface area contributed by atoms with Crippen LogP contribution in [0.5, 0.6) is 0 Å². The second-order valence-electron chi connectivity index (χ2n) is 4.56. The van der Waals surface area contributed by atoms with Crippen LogP contribution in [0.4, 0.5) is 5.69 Å². The molecule has 8 heteroatoms. The molecule has 2 aliphatic rings. The molecule has 0 atom stereocenters. The van der Waals surface area contributed by atoms with Gasteiger partial charge in [0.1, 0.15) is 0 Å². The number of para-hydroxylation sites is 1. The van der Waals surface area contributed by atoms with E-state index in [0.717, 1.165) is 26.2 Å². The zero-order chi connectivity index (χ0) is 13.5. The van der Waals surface area contributed by atoms with Crippen LogP contribution in [0.25, 0.3) is 0 Å². The first-order valence-corrected chi connectivity index (χ1v) is 7.62. The van der Waals surface area contributed by atoms with E-state index in [1.54, 1.807) is 27.5 Å². The number of nitro groups is 1. The molecule has 0 unspecified atom stereocenters. The SMILES string of the molecule is O=[N+]([O-])c1ccccc1COP(=O)(N1CC1)N1CC1. The number of rotatable bonds is 6. The van der Waals surface area contributed by atoms with Crippen LogP contribution in [0.15, 0.2) is 24.3 Å². The molecular weight excluding hydrogens is 269 g/mol. The third kappa shape index (κ3) is 2.55. The van der Waals surface area contributed by atoms with Gasteiger partial charge in [-0.1, -0.05) is 12.1 Å². The largest absolute Gasteiger partial charge is 0.346 e. The molecule has 0 saturated carbocycles. The maximum absolute atomic E-state index is 12.7. The third-order valence-corrected chi connectivity index (χ3v) is 5.83. The molecular formula is C11H14N3O4P. The van der Waals surface area contributed by atoms with E-state index >= 15 is 0 Å². The summed E-state index contributed by atoms with van der Waals surface area (Å²) in [6, 6.07) is 6.38. The second-order valence-corrected chi connectivity index (χ2v) is 6.93. The van der Waals surface area contributed by atoms with Gasteiger partial charge in [-0.2, -0.15) is 0 Å². The van der Waals surface area contributed by atoms with E-state index in [-0.39, 0.29) is 12.3 Å². The maximum atomic E-state index is 12.7. The molecule has 7 nitrogen and oxygen atoms in total. The van der Waals surface area contributed by atoms with Gasteiger partial charge >= 0.3 is 7.67 Å². The fourth-order valence-electron chi connectivity index (χ4n) is 1.90. The van der Waals surface area contributed by atoms with E-state index in [4.69, 9.17) is 4.52 Å². The van der Waals surface area contributed by atoms with E-state index in [2.05, 4.69) is 0 Å². The standard InChI is InChI=1S/C11H14N3O4P/c15-14(16)11-4-2-1-3-10(11)9-18-19(17,12-5-6-12)13-7-8-13/h1-4H,5-9H2. The minimum absolute atomic E-state index is 0.00142. The molecule has 0 radical (unpaired) electrons. The van der Waals surface area contributed by atoms with Crippen molar-refractivity contribution in [1.29, 1.82) is 0 Å². The topological polar surface area (TPSA) is 75.5 Å². The molecule has 0 spiro atoms. The van der Waals surface area contributed by atoms with Crippen molar-refractivity contribution in [3.63, 3.8) is 0 Å². The van der Waals surface area contributed by atoms with Crippen LogP contribution in [0.2, 0.25) is 0 Å². The van der Waals surface area contributed by atoms with Crippen molar-refractivity contribution in [2.24, 2.45) is 0 Å². The lowest BCUT2D eigenvalue weighted by Gasteiger charge is -2.19. The van der Waals surface area contributed by atoms with Crippen molar-refractivity contribution < 1.29 is 14.0 Å². The lowest BCUT2D eigenvalue weighted by atomic mass is 10.2. The third-order valence-electron chi connectivity index (χ3n) is 3.14. The summed E-state index contributed by atoms with van der Waals surface area (Å²) in [6.07, 6.45) is 0. The van der Waals surface area contributed by atoms with Crippen LogP contribution in [-0.2, 0) is 15.7 Å². The zero-order valence-corrected chi connectivity index (χ0v) is 11.2. The van der Waals surface area contributed by atoms with Gasteiger partial charge in [0, 0.05) is 32.2 Å². The Kier molecular flexibility index (Phi) is 3.14. The average molecular weight is 283 g/mol. The Morgan fingerprint density at radius 1 is 1.21 bits per heavy atom. The smallest absolute Gasteiger partial charge is 0.301 e. The molecule has 0 aliphatic carbocycles. The molecule has 0 bridgehead atoms. The lowest BCUT2D eigenvalue weighted by Crippen LogP contribution is -2.08. The van der Waals surface area contributed by atoms with Gasteiger partial charge in [-0.05, 0) is 6.07 Å². The van der Waals surface area contributed by atoms with Crippen LogP contribution in [0.3, 0.4) is 0 Å². The molecule has 2 saturated heterocycles. The number of nitrogens with zero attached hydrogens (tertiary/aromatic N) is 3. The van der Waals surface area contributed by atoms with Crippen LogP contribution in [0.1, 0.15) is 5.56 Å². The summed E-state index contributed by atoms with van der Waals surface area (Å²) in [6.45, 7) is 3.08. The second kappa shape index (κ2) is 4.68. The van der Waals surface area contributed by atoms with Gasteiger partial charge in [-0.25, -0.2) is 9.34 Å². The number of hydrogen-bond acceptors (Lipinski definition) is 4. The molecule has 0 aromatic heterocycles. The van der Waals surface area contributed by atoms with Gasteiger partial charge in [0.05, 0.1) is 17.1 Å². The minimum Gasteiger partial charge on any atom is -0.301 e. The summed E-state index contributed by atoms with van der Waals surface area (Å²) in [4.78, 5) is 10.5. The molecule has 2 aliphatic heterocycles. The average Bonchev–Trinajstić information content (AvgIpc) is 3.28. The van der Waals surface area contributed by atoms with Crippen molar-refractivity contribution in [2.45, 2.75) is 6.61 Å². The Labute approximate surface area is 110 Å². The Hall–Kier alpha value is -1.27. The van der Waals surface area contributed by atoms with Crippen molar-refractivity contribution in [3.05, 3.63) is 39.9 Å². The highest BCUT2D eigenvalue weighted by Crippen LogP contribution is 2.61. The molecule has 3 rings (SSSR count). The molecule has 19 heavy (non-hydrogen) atoms. The van der Waals surface area contributed by atoms with Gasteiger partial charge in [0.25, 0.3) is 5.69 Å². The van der Waals surface area contributed by atoms with Crippen molar-refractivity contribution in [2.75, 3.05) is 26.2 Å². The van der Waals surface area contributed by atoms with Crippen molar-refractivity contribution >= 4 is 13.4 Å². The summed E-state index contributed by atoms with van der Waals surface area (Å²) in [5.74, 6) is 0. The minimum atomic E-state index is -2.91. The Bertz CT molecular complexity index is 541. The predicted molar refractivity (Wildman–Crippen MR) is 68.6 cm³/mol. The number of nitro benzene ring substituents is 1. The zero-order valence-electron chi connectivity index (χ0n) is 10.3. The summed E-state index contributed by atoms with van der Waals surface area (Å²) in [5, 5.41) is 10.9. The van der Waals surface area contributed by atoms with Crippen molar-refractivity contribution in [3.8, 4) is 0 Å². The first-order chi connectivity index (χ1) is 9.11. The first-order valence-electron chi connectivity index (χ1n) is 6.09. The summed E-state index contributed by atoms with van der Waals surface area (Å²) in [7, 11) is -2.91. The predicted octanol–water partition coefficient (Wildman–Crippen LogP) is 1.85. The number of benzene rings is 1. The highest BCUT2D eigenvalue weighted by Gasteiger charge is 2.49. The molecule has 0 N–H and O–H groups in total. The van der Waals surface area contributed by atoms with Crippen LogP contribution < -0.4 is 0 Å². The fraction of sp³-hybridized carbons (Fsp3) is 0.455. The fourth-order valence-corrected chi connectivity index (χ4v) is 4.08. The highest BCUT2D eigenvalue weighted by atomic mass is 31.2. The van der Waals surface area contributed by atoms with E-state index < -0.39 is 12.6 Å². The molecule has 0 amide bonds. The summed E-state index contributed by atoms with van der Waals surface area (Å²) >= 11 is 0. The van der Waals surface area contributed by atoms with Gasteiger partial charge in [-0.3, -0.25) is 14.7 Å². The van der Waals surface area contributed by atoms with E-state index in [1.807, 2.05) is 0 Å². The van der Waals surface area contributed by atoms with Crippen LogP contribution in [0, 0.1) is 10.1 Å². The Balaban J connectivity index is 1.75. The first kappa shape index (κ1) is 12.7. The van der Waals surface area contributed by atoms with Gasteiger partial charge in [-0.15, -0.1) is 0 Å². The summed E-state index contributed by atoms with van der Waals surface area (Å²) < 4.78 is 21.8. The van der Waals surface area contributed by atoms with Crippen LogP contribution in [-0.4, -0.2) is 40.4 Å². The summed E-state index contributed by atoms with van der Waals surface area (Å²) in [5.41, 5.74) is 0.460. The quantitative estimate of drug-likeness (QED) is 0.343. The number of hydrogen-bond donors (Lipinski definition) is 0. The lowest BCUT2D eigenvalue weighted by molar-refractivity contribution is -0.385.